The van der Waals surface area contributed by atoms with Gasteiger partial charge in [-0.15, -0.1) is 0 Å². The summed E-state index contributed by atoms with van der Waals surface area (Å²) >= 11 is 5.83. The van der Waals surface area contributed by atoms with Crippen molar-refractivity contribution in [1.82, 2.24) is 9.78 Å². The van der Waals surface area contributed by atoms with Gasteiger partial charge in [-0.2, -0.15) is 5.10 Å². The third-order valence-electron chi connectivity index (χ3n) is 4.11. The molecule has 1 aromatic heterocycles. The van der Waals surface area contributed by atoms with Crippen LogP contribution in [0, 0.1) is 23.0 Å². The predicted octanol–water partition coefficient (Wildman–Crippen LogP) is 4.82. The summed E-state index contributed by atoms with van der Waals surface area (Å²) in [6.45, 7) is 3.96. The van der Waals surface area contributed by atoms with Gasteiger partial charge in [-0.25, -0.2) is 0 Å². The van der Waals surface area contributed by atoms with Gasteiger partial charge in [-0.05, 0) is 24.6 Å². The first kappa shape index (κ1) is 20.3. The van der Waals surface area contributed by atoms with Crippen LogP contribution in [-0.4, -0.2) is 20.6 Å². The maximum atomic E-state index is 12.5. The summed E-state index contributed by atoms with van der Waals surface area (Å²) in [6, 6.07) is 11.5. The maximum Gasteiger partial charge on any atom is 0.275 e. The third-order valence-corrected chi connectivity index (χ3v) is 4.30. The van der Waals surface area contributed by atoms with Gasteiger partial charge >= 0.3 is 0 Å². The van der Waals surface area contributed by atoms with Gasteiger partial charge in [0.2, 0.25) is 5.91 Å². The average Bonchev–Trinajstić information content (AvgIpc) is 3.06. The van der Waals surface area contributed by atoms with Crippen LogP contribution in [0.25, 0.3) is 0 Å². The zero-order valence-electron chi connectivity index (χ0n) is 15.8. The van der Waals surface area contributed by atoms with Crippen molar-refractivity contribution in [3.63, 3.8) is 0 Å². The molecule has 0 fully saturated rings. The first-order valence-corrected chi connectivity index (χ1v) is 9.21. The van der Waals surface area contributed by atoms with Crippen molar-refractivity contribution in [2.45, 2.75) is 20.4 Å². The van der Waals surface area contributed by atoms with Crippen molar-refractivity contribution in [1.29, 1.82) is 0 Å². The molecule has 0 radical (unpaired) electrons. The van der Waals surface area contributed by atoms with Gasteiger partial charge in [0.25, 0.3) is 5.69 Å². The number of benzene rings is 2. The molecule has 150 valence electrons. The van der Waals surface area contributed by atoms with Crippen molar-refractivity contribution >= 4 is 28.9 Å². The van der Waals surface area contributed by atoms with Crippen LogP contribution in [0.15, 0.2) is 54.9 Å². The largest absolute Gasteiger partial charge is 0.457 e. The second-order valence-electron chi connectivity index (χ2n) is 6.66. The Morgan fingerprint density at radius 2 is 2.10 bits per heavy atom. The quantitative estimate of drug-likeness (QED) is 0.441. The van der Waals surface area contributed by atoms with E-state index in [9.17, 15) is 14.9 Å². The fourth-order valence-corrected chi connectivity index (χ4v) is 2.86. The van der Waals surface area contributed by atoms with E-state index in [2.05, 4.69) is 10.4 Å². The highest BCUT2D eigenvalue weighted by molar-refractivity contribution is 6.30. The number of aryl methyl sites for hydroxylation is 1. The topological polar surface area (TPSA) is 99.3 Å². The number of carbonyl (C=O) groups excluding carboxylic acids is 1. The number of nitro benzene ring substituents is 1. The monoisotopic (exact) mass is 414 g/mol. The molecule has 0 saturated heterocycles. The first-order valence-electron chi connectivity index (χ1n) is 8.83. The standard InChI is InChI=1S/C20H19ClN4O4/c1-13-4-3-5-18(6-13)29-19-8-16(7-17(9-19)25(27)28)23-20(26)14(2)11-24-12-15(21)10-22-24/h3-10,12,14H,11H2,1-2H3,(H,23,26). The number of halogens is 1. The van der Waals surface area contributed by atoms with Crippen LogP contribution >= 0.6 is 11.6 Å². The van der Waals surface area contributed by atoms with E-state index in [0.717, 1.165) is 5.56 Å². The molecule has 3 aromatic rings. The lowest BCUT2D eigenvalue weighted by atomic mass is 10.1. The highest BCUT2D eigenvalue weighted by Gasteiger charge is 2.17. The molecule has 1 N–H and O–H groups in total. The van der Waals surface area contributed by atoms with Gasteiger partial charge < -0.3 is 10.1 Å². The highest BCUT2D eigenvalue weighted by atomic mass is 35.5. The van der Waals surface area contributed by atoms with E-state index < -0.39 is 10.8 Å². The second-order valence-corrected chi connectivity index (χ2v) is 7.10. The van der Waals surface area contributed by atoms with Crippen LogP contribution in [0.1, 0.15) is 12.5 Å². The van der Waals surface area contributed by atoms with Crippen LogP contribution in [0.2, 0.25) is 5.02 Å². The molecule has 29 heavy (non-hydrogen) atoms. The molecule has 9 heteroatoms. The Bertz CT molecular complexity index is 1050. The molecular weight excluding hydrogens is 396 g/mol. The van der Waals surface area contributed by atoms with E-state index in [0.29, 0.717) is 17.3 Å². The van der Waals surface area contributed by atoms with Gasteiger partial charge in [-0.3, -0.25) is 19.6 Å². The number of non-ortho nitro benzene ring substituents is 1. The Labute approximate surface area is 172 Å². The summed E-state index contributed by atoms with van der Waals surface area (Å²) in [5.74, 6) is 0.0586. The molecular formula is C20H19ClN4O4. The molecule has 1 atom stereocenters. The molecule has 1 unspecified atom stereocenters. The molecule has 0 spiro atoms. The van der Waals surface area contributed by atoms with Gasteiger partial charge in [-0.1, -0.05) is 30.7 Å². The Balaban J connectivity index is 1.77. The number of carbonyl (C=O) groups is 1. The molecule has 3 rings (SSSR count). The Morgan fingerprint density at radius 1 is 1.31 bits per heavy atom. The van der Waals surface area contributed by atoms with Crippen LogP contribution in [-0.2, 0) is 11.3 Å². The number of ether oxygens (including phenoxy) is 1. The van der Waals surface area contributed by atoms with E-state index in [1.54, 1.807) is 29.9 Å². The Kier molecular flexibility index (Phi) is 6.13. The van der Waals surface area contributed by atoms with Crippen molar-refractivity contribution in [2.24, 2.45) is 5.92 Å². The van der Waals surface area contributed by atoms with Gasteiger partial charge in [0.05, 0.1) is 40.4 Å². The lowest BCUT2D eigenvalue weighted by molar-refractivity contribution is -0.384. The normalized spacial score (nSPS) is 11.7. The number of amides is 1. The molecule has 0 saturated carbocycles. The van der Waals surface area contributed by atoms with Crippen LogP contribution in [0.4, 0.5) is 11.4 Å². The van der Waals surface area contributed by atoms with Gasteiger partial charge in [0.15, 0.2) is 0 Å². The van der Waals surface area contributed by atoms with Crippen LogP contribution in [0.3, 0.4) is 0 Å². The lowest BCUT2D eigenvalue weighted by Gasteiger charge is -2.13. The van der Waals surface area contributed by atoms with E-state index in [-0.39, 0.29) is 23.0 Å². The summed E-state index contributed by atoms with van der Waals surface area (Å²) in [6.07, 6.45) is 3.11. The molecule has 8 nitrogen and oxygen atoms in total. The van der Waals surface area contributed by atoms with E-state index >= 15 is 0 Å². The first-order chi connectivity index (χ1) is 13.8. The molecule has 0 aliphatic carbocycles. The summed E-state index contributed by atoms with van der Waals surface area (Å²) in [5.41, 5.74) is 1.09. The number of hydrogen-bond donors (Lipinski definition) is 1. The lowest BCUT2D eigenvalue weighted by Crippen LogP contribution is -2.24. The smallest absolute Gasteiger partial charge is 0.275 e. The van der Waals surface area contributed by atoms with Crippen molar-refractivity contribution in [3.05, 3.63) is 75.6 Å². The number of nitro groups is 1. The van der Waals surface area contributed by atoms with E-state index in [1.165, 1.54) is 18.3 Å². The van der Waals surface area contributed by atoms with Gasteiger partial charge in [0, 0.05) is 18.3 Å². The fraction of sp³-hybridized carbons (Fsp3) is 0.200. The van der Waals surface area contributed by atoms with Crippen molar-refractivity contribution in [3.8, 4) is 11.5 Å². The zero-order chi connectivity index (χ0) is 21.0. The summed E-state index contributed by atoms with van der Waals surface area (Å²) < 4.78 is 7.31. The molecule has 0 aliphatic heterocycles. The molecule has 0 bridgehead atoms. The molecule has 1 heterocycles. The highest BCUT2D eigenvalue weighted by Crippen LogP contribution is 2.30. The van der Waals surface area contributed by atoms with Crippen LogP contribution < -0.4 is 10.1 Å². The summed E-state index contributed by atoms with van der Waals surface area (Å²) in [4.78, 5) is 23.3. The molecule has 1 amide bonds. The zero-order valence-corrected chi connectivity index (χ0v) is 16.6. The number of aromatic nitrogens is 2. The number of rotatable bonds is 7. The molecule has 0 aliphatic rings. The van der Waals surface area contributed by atoms with Crippen LogP contribution in [0.5, 0.6) is 11.5 Å². The maximum absolute atomic E-state index is 12.5. The Hall–Kier alpha value is -3.39. The Morgan fingerprint density at radius 3 is 2.76 bits per heavy atom. The third kappa shape index (κ3) is 5.55. The van der Waals surface area contributed by atoms with Crippen molar-refractivity contribution < 1.29 is 14.5 Å². The SMILES string of the molecule is Cc1cccc(Oc2cc(NC(=O)C(C)Cn3cc(Cl)cn3)cc([N+](=O)[O-])c2)c1. The minimum absolute atomic E-state index is 0.183. The number of hydrogen-bond acceptors (Lipinski definition) is 5. The fourth-order valence-electron chi connectivity index (χ4n) is 2.70. The van der Waals surface area contributed by atoms with Gasteiger partial charge in [0.1, 0.15) is 11.5 Å². The van der Waals surface area contributed by atoms with Crippen molar-refractivity contribution in [2.75, 3.05) is 5.32 Å². The number of nitrogens with zero attached hydrogens (tertiary/aromatic N) is 3. The average molecular weight is 415 g/mol. The van der Waals surface area contributed by atoms with E-state index in [4.69, 9.17) is 16.3 Å². The second kappa shape index (κ2) is 8.74. The number of anilines is 1. The minimum atomic E-state index is -0.534. The van der Waals surface area contributed by atoms with E-state index in [1.807, 2.05) is 25.1 Å². The minimum Gasteiger partial charge on any atom is -0.457 e. The number of nitrogens with one attached hydrogen (secondary N) is 1. The summed E-state index contributed by atoms with van der Waals surface area (Å²) in [7, 11) is 0. The molecule has 2 aromatic carbocycles. The summed E-state index contributed by atoms with van der Waals surface area (Å²) in [5, 5.41) is 18.5. The predicted molar refractivity (Wildman–Crippen MR) is 109 cm³/mol.